The number of carboxylic acid groups (broad SMARTS) is 1. The fraction of sp³-hybridized carbons (Fsp3) is 0.385. The number of benzene rings is 1. The molecule has 0 aliphatic rings. The fourth-order valence-corrected chi connectivity index (χ4v) is 2.03. The van der Waals surface area contributed by atoms with Crippen molar-refractivity contribution in [2.75, 3.05) is 25.6 Å². The highest BCUT2D eigenvalue weighted by Gasteiger charge is 2.12. The van der Waals surface area contributed by atoms with E-state index in [2.05, 4.69) is 10.6 Å². The van der Waals surface area contributed by atoms with Crippen LogP contribution in [0, 0.1) is 3.57 Å². The first kappa shape index (κ1) is 16.7. The minimum Gasteiger partial charge on any atom is -0.478 e. The lowest BCUT2D eigenvalue weighted by atomic mass is 10.2. The van der Waals surface area contributed by atoms with Crippen LogP contribution in [0.5, 0.6) is 0 Å². The van der Waals surface area contributed by atoms with Gasteiger partial charge in [-0.1, -0.05) is 0 Å². The minimum atomic E-state index is -1.07. The van der Waals surface area contributed by atoms with Crippen molar-refractivity contribution in [1.29, 1.82) is 0 Å². The van der Waals surface area contributed by atoms with Gasteiger partial charge in [-0.15, -0.1) is 0 Å². The Bertz CT molecular complexity index is 479. The topological polar surface area (TPSA) is 87.7 Å². The van der Waals surface area contributed by atoms with Gasteiger partial charge in [-0.25, -0.2) is 9.59 Å². The van der Waals surface area contributed by atoms with Crippen LogP contribution in [0.15, 0.2) is 18.2 Å². The maximum Gasteiger partial charge on any atom is 0.337 e. The minimum absolute atomic E-state index is 0.0754. The van der Waals surface area contributed by atoms with Crippen molar-refractivity contribution in [3.8, 4) is 0 Å². The van der Waals surface area contributed by atoms with Crippen molar-refractivity contribution in [3.63, 3.8) is 0 Å². The van der Waals surface area contributed by atoms with Crippen LogP contribution in [-0.4, -0.2) is 37.4 Å². The number of anilines is 1. The van der Waals surface area contributed by atoms with Crippen LogP contribution < -0.4 is 10.6 Å². The summed E-state index contributed by atoms with van der Waals surface area (Å²) < 4.78 is 5.70. The zero-order valence-electron chi connectivity index (χ0n) is 11.1. The van der Waals surface area contributed by atoms with E-state index in [-0.39, 0.29) is 11.3 Å². The Hall–Kier alpha value is -1.35. The van der Waals surface area contributed by atoms with Crippen LogP contribution in [0.25, 0.3) is 0 Å². The molecule has 1 aromatic rings. The molecule has 7 heteroatoms. The summed E-state index contributed by atoms with van der Waals surface area (Å²) in [7, 11) is 1.63. The normalized spacial score (nSPS) is 10.1. The molecule has 0 bridgehead atoms. The van der Waals surface area contributed by atoms with Crippen molar-refractivity contribution < 1.29 is 19.4 Å². The number of carboxylic acids is 1. The average Bonchev–Trinajstić information content (AvgIpc) is 2.40. The first-order chi connectivity index (χ1) is 9.54. The lowest BCUT2D eigenvalue weighted by Gasteiger charge is -2.10. The SMILES string of the molecule is COCCCCNC(=O)Nc1ccc(I)cc1C(=O)O. The van der Waals surface area contributed by atoms with Gasteiger partial charge in [0.2, 0.25) is 0 Å². The van der Waals surface area contributed by atoms with Gasteiger partial charge in [-0.2, -0.15) is 0 Å². The third-order valence-electron chi connectivity index (χ3n) is 2.52. The van der Waals surface area contributed by atoms with E-state index in [0.29, 0.717) is 13.2 Å². The second-order valence-corrected chi connectivity index (χ2v) is 5.32. The summed E-state index contributed by atoms with van der Waals surface area (Å²) >= 11 is 2.02. The van der Waals surface area contributed by atoms with Crippen LogP contribution in [0.3, 0.4) is 0 Å². The largest absolute Gasteiger partial charge is 0.478 e. The Morgan fingerprint density at radius 1 is 1.35 bits per heavy atom. The second-order valence-electron chi connectivity index (χ2n) is 4.08. The number of methoxy groups -OCH3 is 1. The molecule has 0 fully saturated rings. The van der Waals surface area contributed by atoms with Gasteiger partial charge in [0.15, 0.2) is 0 Å². The summed E-state index contributed by atoms with van der Waals surface area (Å²) in [6.07, 6.45) is 1.67. The van der Waals surface area contributed by atoms with E-state index in [1.54, 1.807) is 19.2 Å². The van der Waals surface area contributed by atoms with Crippen LogP contribution in [0.1, 0.15) is 23.2 Å². The van der Waals surface area contributed by atoms with Gasteiger partial charge >= 0.3 is 12.0 Å². The summed E-state index contributed by atoms with van der Waals surface area (Å²) in [5.74, 6) is -1.07. The zero-order valence-corrected chi connectivity index (χ0v) is 13.3. The number of rotatable bonds is 7. The standard InChI is InChI=1S/C13H17IN2O4/c1-20-7-3-2-6-15-13(19)16-11-5-4-9(14)8-10(11)12(17)18/h4-5,8H,2-3,6-7H2,1H3,(H,17,18)(H2,15,16,19). The highest BCUT2D eigenvalue weighted by molar-refractivity contribution is 14.1. The maximum absolute atomic E-state index is 11.7. The van der Waals surface area contributed by atoms with Gasteiger partial charge in [0, 0.05) is 23.8 Å². The molecule has 1 rings (SSSR count). The summed E-state index contributed by atoms with van der Waals surface area (Å²) in [5, 5.41) is 14.3. The quantitative estimate of drug-likeness (QED) is 0.492. The molecule has 110 valence electrons. The van der Waals surface area contributed by atoms with Crippen LogP contribution in [0.2, 0.25) is 0 Å². The molecule has 0 aromatic heterocycles. The number of hydrogen-bond acceptors (Lipinski definition) is 3. The lowest BCUT2D eigenvalue weighted by molar-refractivity contribution is 0.0698. The van der Waals surface area contributed by atoms with Crippen molar-refractivity contribution in [3.05, 3.63) is 27.3 Å². The molecule has 1 aromatic carbocycles. The van der Waals surface area contributed by atoms with E-state index in [4.69, 9.17) is 9.84 Å². The van der Waals surface area contributed by atoms with Gasteiger partial charge in [0.05, 0.1) is 11.3 Å². The number of aromatic carboxylic acids is 1. The molecule has 2 amide bonds. The number of nitrogens with one attached hydrogen (secondary N) is 2. The van der Waals surface area contributed by atoms with E-state index in [0.717, 1.165) is 16.4 Å². The molecule has 0 aliphatic carbocycles. The van der Waals surface area contributed by atoms with Crippen molar-refractivity contribution in [1.82, 2.24) is 5.32 Å². The molecule has 3 N–H and O–H groups in total. The number of halogens is 1. The average molecular weight is 392 g/mol. The lowest BCUT2D eigenvalue weighted by Crippen LogP contribution is -2.30. The molecule has 0 aliphatic heterocycles. The third-order valence-corrected chi connectivity index (χ3v) is 3.19. The molecular weight excluding hydrogens is 375 g/mol. The van der Waals surface area contributed by atoms with Crippen LogP contribution >= 0.6 is 22.6 Å². The van der Waals surface area contributed by atoms with Gasteiger partial charge in [-0.3, -0.25) is 0 Å². The Balaban J connectivity index is 2.51. The Morgan fingerprint density at radius 3 is 2.75 bits per heavy atom. The van der Waals surface area contributed by atoms with E-state index >= 15 is 0 Å². The molecule has 0 spiro atoms. The Morgan fingerprint density at radius 2 is 2.10 bits per heavy atom. The van der Waals surface area contributed by atoms with Gasteiger partial charge < -0.3 is 20.5 Å². The highest BCUT2D eigenvalue weighted by Crippen LogP contribution is 2.18. The summed E-state index contributed by atoms with van der Waals surface area (Å²) in [6, 6.07) is 4.42. The van der Waals surface area contributed by atoms with Crippen LogP contribution in [-0.2, 0) is 4.74 Å². The molecular formula is C13H17IN2O4. The molecule has 0 atom stereocenters. The Labute approximate surface area is 131 Å². The predicted octanol–water partition coefficient (Wildman–Crippen LogP) is 2.54. The fourth-order valence-electron chi connectivity index (χ4n) is 1.54. The maximum atomic E-state index is 11.7. The van der Waals surface area contributed by atoms with Crippen molar-refractivity contribution in [2.24, 2.45) is 0 Å². The van der Waals surface area contributed by atoms with E-state index < -0.39 is 12.0 Å². The molecule has 0 unspecified atom stereocenters. The number of unbranched alkanes of at least 4 members (excludes halogenated alkanes) is 1. The highest BCUT2D eigenvalue weighted by atomic mass is 127. The summed E-state index contributed by atoms with van der Waals surface area (Å²) in [6.45, 7) is 1.17. The molecule has 0 saturated carbocycles. The van der Waals surface area contributed by atoms with Crippen molar-refractivity contribution >= 4 is 40.3 Å². The third kappa shape index (κ3) is 5.74. The van der Waals surface area contributed by atoms with Gasteiger partial charge in [-0.05, 0) is 53.6 Å². The number of hydrogen-bond donors (Lipinski definition) is 3. The number of ether oxygens (including phenoxy) is 1. The van der Waals surface area contributed by atoms with Gasteiger partial charge in [0.1, 0.15) is 0 Å². The molecule has 20 heavy (non-hydrogen) atoms. The molecule has 0 saturated heterocycles. The van der Waals surface area contributed by atoms with E-state index in [9.17, 15) is 9.59 Å². The number of carbonyl (C=O) groups excluding carboxylic acids is 1. The second kappa shape index (κ2) is 8.75. The first-order valence-electron chi connectivity index (χ1n) is 6.11. The monoisotopic (exact) mass is 392 g/mol. The van der Waals surface area contributed by atoms with E-state index in [1.807, 2.05) is 22.6 Å². The summed E-state index contributed by atoms with van der Waals surface area (Å²) in [5.41, 5.74) is 0.360. The van der Waals surface area contributed by atoms with Crippen LogP contribution in [0.4, 0.5) is 10.5 Å². The number of urea groups is 1. The number of amides is 2. The van der Waals surface area contributed by atoms with Crippen molar-refractivity contribution in [2.45, 2.75) is 12.8 Å². The molecule has 6 nitrogen and oxygen atoms in total. The molecule has 0 radical (unpaired) electrons. The smallest absolute Gasteiger partial charge is 0.337 e. The van der Waals surface area contributed by atoms with Gasteiger partial charge in [0.25, 0.3) is 0 Å². The number of carbonyl (C=O) groups is 2. The predicted molar refractivity (Wildman–Crippen MR) is 84.2 cm³/mol. The molecule has 0 heterocycles. The first-order valence-corrected chi connectivity index (χ1v) is 7.19. The summed E-state index contributed by atoms with van der Waals surface area (Å²) in [4.78, 5) is 22.8. The zero-order chi connectivity index (χ0) is 15.0. The van der Waals surface area contributed by atoms with E-state index in [1.165, 1.54) is 6.07 Å². The Kier molecular flexibility index (Phi) is 7.31.